The van der Waals surface area contributed by atoms with Crippen molar-refractivity contribution in [2.75, 3.05) is 19.6 Å². The Morgan fingerprint density at radius 2 is 1.88 bits per heavy atom. The summed E-state index contributed by atoms with van der Waals surface area (Å²) in [4.78, 5) is 34.4. The Balaban J connectivity index is 1.29. The van der Waals surface area contributed by atoms with Crippen LogP contribution in [0.3, 0.4) is 0 Å². The van der Waals surface area contributed by atoms with Gasteiger partial charge in [0.05, 0.1) is 6.54 Å². The van der Waals surface area contributed by atoms with Crippen molar-refractivity contribution in [3.63, 3.8) is 0 Å². The van der Waals surface area contributed by atoms with Gasteiger partial charge in [0.1, 0.15) is 17.5 Å². The second-order valence-corrected chi connectivity index (χ2v) is 9.61. The first kappa shape index (κ1) is 21.3. The molecule has 3 aromatic rings. The second kappa shape index (κ2) is 8.51. The monoisotopic (exact) mass is 461 g/mol. The SMILES string of the molecule is O=C1C2Cc3c(n(Cc4ccc(F)cc4)c4ncccc34)CN2C(=O)N1CCC1CCNCC1. The Morgan fingerprint density at radius 1 is 1.09 bits per heavy atom. The molecule has 2 saturated heterocycles. The van der Waals surface area contributed by atoms with Crippen LogP contribution in [0.25, 0.3) is 11.0 Å². The van der Waals surface area contributed by atoms with Crippen molar-refractivity contribution in [3.05, 3.63) is 65.2 Å². The lowest BCUT2D eigenvalue weighted by molar-refractivity contribution is -0.128. The molecule has 0 saturated carbocycles. The summed E-state index contributed by atoms with van der Waals surface area (Å²) < 4.78 is 15.5. The highest BCUT2D eigenvalue weighted by Gasteiger charge is 2.48. The van der Waals surface area contributed by atoms with E-state index >= 15 is 0 Å². The number of halogens is 1. The number of urea groups is 1. The van der Waals surface area contributed by atoms with Gasteiger partial charge >= 0.3 is 6.03 Å². The molecule has 3 aliphatic rings. The zero-order valence-corrected chi connectivity index (χ0v) is 19.0. The van der Waals surface area contributed by atoms with Crippen LogP contribution in [-0.2, 0) is 24.3 Å². The van der Waals surface area contributed by atoms with Crippen LogP contribution in [0.4, 0.5) is 9.18 Å². The molecule has 1 atom stereocenters. The number of hydrogen-bond donors (Lipinski definition) is 1. The van der Waals surface area contributed by atoms with Gasteiger partial charge in [-0.25, -0.2) is 14.2 Å². The number of aromatic nitrogens is 2. The van der Waals surface area contributed by atoms with E-state index < -0.39 is 6.04 Å². The van der Waals surface area contributed by atoms with Gasteiger partial charge in [-0.05, 0) is 73.7 Å². The molecule has 3 aliphatic heterocycles. The highest BCUT2D eigenvalue weighted by molar-refractivity contribution is 6.05. The minimum atomic E-state index is -0.446. The summed E-state index contributed by atoms with van der Waals surface area (Å²) in [6, 6.07) is 9.78. The van der Waals surface area contributed by atoms with E-state index in [-0.39, 0.29) is 17.8 Å². The fourth-order valence-electron chi connectivity index (χ4n) is 5.76. The van der Waals surface area contributed by atoms with Gasteiger partial charge in [-0.3, -0.25) is 9.69 Å². The summed E-state index contributed by atoms with van der Waals surface area (Å²) in [5, 5.41) is 4.39. The number of pyridine rings is 1. The third-order valence-electron chi connectivity index (χ3n) is 7.64. The van der Waals surface area contributed by atoms with E-state index in [9.17, 15) is 14.0 Å². The Kier molecular flexibility index (Phi) is 5.32. The van der Waals surface area contributed by atoms with Crippen LogP contribution in [0.2, 0.25) is 0 Å². The first-order valence-electron chi connectivity index (χ1n) is 12.1. The third kappa shape index (κ3) is 3.57. The van der Waals surface area contributed by atoms with E-state index in [1.165, 1.54) is 17.0 Å². The molecule has 2 aromatic heterocycles. The van der Waals surface area contributed by atoms with Gasteiger partial charge in [0, 0.05) is 36.8 Å². The zero-order chi connectivity index (χ0) is 23.2. The second-order valence-electron chi connectivity index (χ2n) is 9.61. The molecule has 3 amide bonds. The number of hydrogen-bond acceptors (Lipinski definition) is 4. The fourth-order valence-corrected chi connectivity index (χ4v) is 5.76. The van der Waals surface area contributed by atoms with Crippen molar-refractivity contribution in [3.8, 4) is 0 Å². The normalized spacial score (nSPS) is 20.8. The van der Waals surface area contributed by atoms with Crippen molar-refractivity contribution in [2.45, 2.75) is 44.8 Å². The molecule has 5 heterocycles. The molecule has 8 heteroatoms. The summed E-state index contributed by atoms with van der Waals surface area (Å²) in [6.45, 7) is 3.43. The summed E-state index contributed by atoms with van der Waals surface area (Å²) >= 11 is 0. The van der Waals surface area contributed by atoms with Gasteiger partial charge in [-0.2, -0.15) is 0 Å². The van der Waals surface area contributed by atoms with Crippen LogP contribution in [0.15, 0.2) is 42.6 Å². The predicted octanol–water partition coefficient (Wildman–Crippen LogP) is 3.30. The number of imide groups is 1. The fraction of sp³-hybridized carbons (Fsp3) is 0.423. The Bertz CT molecular complexity index is 1250. The molecule has 0 spiro atoms. The predicted molar refractivity (Wildman–Crippen MR) is 126 cm³/mol. The maximum atomic E-state index is 13.4. The van der Waals surface area contributed by atoms with Gasteiger partial charge in [-0.15, -0.1) is 0 Å². The van der Waals surface area contributed by atoms with Gasteiger partial charge in [0.2, 0.25) is 0 Å². The quantitative estimate of drug-likeness (QED) is 0.592. The van der Waals surface area contributed by atoms with Crippen molar-refractivity contribution in [2.24, 2.45) is 5.92 Å². The highest BCUT2D eigenvalue weighted by Crippen LogP contribution is 2.36. The number of rotatable bonds is 5. The number of fused-ring (bicyclic) bond motifs is 4. The van der Waals surface area contributed by atoms with E-state index in [0.717, 1.165) is 60.2 Å². The van der Waals surface area contributed by atoms with Crippen LogP contribution >= 0.6 is 0 Å². The largest absolute Gasteiger partial charge is 0.327 e. The van der Waals surface area contributed by atoms with Gasteiger partial charge in [-0.1, -0.05) is 12.1 Å². The summed E-state index contributed by atoms with van der Waals surface area (Å²) in [5.74, 6) is 0.217. The number of nitrogens with one attached hydrogen (secondary N) is 1. The van der Waals surface area contributed by atoms with E-state index in [1.807, 2.05) is 12.1 Å². The average Bonchev–Trinajstić information content (AvgIpc) is 3.30. The lowest BCUT2D eigenvalue weighted by atomic mass is 9.94. The molecule has 176 valence electrons. The van der Waals surface area contributed by atoms with Crippen LogP contribution in [0.5, 0.6) is 0 Å². The number of amides is 3. The van der Waals surface area contributed by atoms with Crippen molar-refractivity contribution in [1.82, 2.24) is 24.7 Å². The van der Waals surface area contributed by atoms with Crippen molar-refractivity contribution in [1.29, 1.82) is 0 Å². The van der Waals surface area contributed by atoms with Crippen LogP contribution < -0.4 is 5.32 Å². The first-order chi connectivity index (χ1) is 16.6. The third-order valence-corrected chi connectivity index (χ3v) is 7.64. The van der Waals surface area contributed by atoms with Gasteiger partial charge < -0.3 is 14.8 Å². The molecule has 0 aliphatic carbocycles. The molecule has 1 aromatic carbocycles. The molecule has 7 nitrogen and oxygen atoms in total. The first-order valence-corrected chi connectivity index (χ1v) is 12.1. The topological polar surface area (TPSA) is 70.5 Å². The molecule has 0 bridgehead atoms. The maximum absolute atomic E-state index is 13.4. The smallest absolute Gasteiger partial charge is 0.323 e. The minimum absolute atomic E-state index is 0.0760. The van der Waals surface area contributed by atoms with Crippen molar-refractivity contribution < 1.29 is 14.0 Å². The minimum Gasteiger partial charge on any atom is -0.323 e. The number of nitrogens with zero attached hydrogens (tertiary/aromatic N) is 4. The van der Waals surface area contributed by atoms with Crippen LogP contribution in [-0.4, -0.2) is 57.0 Å². The Labute approximate surface area is 197 Å². The van der Waals surface area contributed by atoms with Crippen molar-refractivity contribution >= 4 is 23.0 Å². The molecule has 2 fully saturated rings. The lowest BCUT2D eigenvalue weighted by Crippen LogP contribution is -2.40. The molecule has 6 rings (SSSR count). The maximum Gasteiger partial charge on any atom is 0.327 e. The van der Waals surface area contributed by atoms with Crippen LogP contribution in [0.1, 0.15) is 36.1 Å². The average molecular weight is 462 g/mol. The van der Waals surface area contributed by atoms with Gasteiger partial charge in [0.25, 0.3) is 5.91 Å². The molecular formula is C26H28FN5O2. The molecule has 1 N–H and O–H groups in total. The standard InChI is InChI=1S/C26H28FN5O2/c27-19-5-3-18(4-6-19)15-31-23-16-32-22(14-21(23)20-2-1-10-29-24(20)31)25(33)30(26(32)34)13-9-17-7-11-28-12-8-17/h1-6,10,17,22,28H,7-9,11-16H2. The van der Waals surface area contributed by atoms with Gasteiger partial charge in [0.15, 0.2) is 0 Å². The molecule has 1 unspecified atom stereocenters. The lowest BCUT2D eigenvalue weighted by Gasteiger charge is -2.28. The van der Waals surface area contributed by atoms with E-state index in [4.69, 9.17) is 0 Å². The van der Waals surface area contributed by atoms with Crippen LogP contribution in [0, 0.1) is 11.7 Å². The summed E-state index contributed by atoms with van der Waals surface area (Å²) in [7, 11) is 0. The molecule has 0 radical (unpaired) electrons. The Hall–Kier alpha value is -3.26. The van der Waals surface area contributed by atoms with E-state index in [0.29, 0.717) is 32.0 Å². The summed E-state index contributed by atoms with van der Waals surface area (Å²) in [5.41, 5.74) is 3.89. The molecular weight excluding hydrogens is 433 g/mol. The summed E-state index contributed by atoms with van der Waals surface area (Å²) in [6.07, 6.45) is 5.33. The number of carbonyl (C=O) groups excluding carboxylic acids is 2. The van der Waals surface area contributed by atoms with E-state index in [2.05, 4.69) is 14.9 Å². The van der Waals surface area contributed by atoms with E-state index in [1.54, 1.807) is 23.2 Å². The Morgan fingerprint density at radius 3 is 2.68 bits per heavy atom. The number of carbonyl (C=O) groups is 2. The highest BCUT2D eigenvalue weighted by atomic mass is 19.1. The zero-order valence-electron chi connectivity index (χ0n) is 19.0. The molecule has 34 heavy (non-hydrogen) atoms. The number of piperidine rings is 1. The number of benzene rings is 1.